The quantitative estimate of drug-likeness (QED) is 0.454. The molecule has 3 heteroatoms. The first-order valence-electron chi connectivity index (χ1n) is 2.98. The Hall–Kier alpha value is -0.240. The van der Waals surface area contributed by atoms with Gasteiger partial charge < -0.3 is 4.74 Å². The molecule has 0 saturated carbocycles. The first-order chi connectivity index (χ1) is 4.16. The number of halogens is 1. The number of carbonyl (C=O) groups is 1. The molecule has 0 spiro atoms. The van der Waals surface area contributed by atoms with Crippen LogP contribution in [0.25, 0.3) is 0 Å². The predicted octanol–water partition coefficient (Wildman–Crippen LogP) is 1.91. The van der Waals surface area contributed by atoms with Crippen LogP contribution in [0.15, 0.2) is 0 Å². The topological polar surface area (TPSA) is 26.3 Å². The number of carbonyl (C=O) groups excluding carboxylic acids is 1. The fraction of sp³-hybridized carbons (Fsp3) is 0.833. The SMILES string of the molecule is CCCC(Cl)OC(C)=O. The van der Waals surface area contributed by atoms with Crippen molar-refractivity contribution >= 4 is 17.6 Å². The van der Waals surface area contributed by atoms with Crippen LogP contribution >= 0.6 is 11.6 Å². The van der Waals surface area contributed by atoms with Crippen LogP contribution in [0.3, 0.4) is 0 Å². The zero-order chi connectivity index (χ0) is 7.28. The molecule has 0 aliphatic rings. The van der Waals surface area contributed by atoms with Crippen molar-refractivity contribution in [2.45, 2.75) is 32.3 Å². The Labute approximate surface area is 60.1 Å². The highest BCUT2D eigenvalue weighted by atomic mass is 35.5. The number of esters is 1. The molecule has 0 fully saturated rings. The van der Waals surface area contributed by atoms with Crippen molar-refractivity contribution in [1.29, 1.82) is 0 Å². The summed E-state index contributed by atoms with van der Waals surface area (Å²) in [4.78, 5) is 10.2. The van der Waals surface area contributed by atoms with Gasteiger partial charge in [0.1, 0.15) is 0 Å². The van der Waals surface area contributed by atoms with Gasteiger partial charge in [0.05, 0.1) is 0 Å². The summed E-state index contributed by atoms with van der Waals surface area (Å²) in [6.45, 7) is 3.34. The zero-order valence-electron chi connectivity index (χ0n) is 5.69. The van der Waals surface area contributed by atoms with E-state index in [4.69, 9.17) is 11.6 Å². The van der Waals surface area contributed by atoms with Crippen LogP contribution in [-0.2, 0) is 9.53 Å². The van der Waals surface area contributed by atoms with E-state index in [-0.39, 0.29) is 5.97 Å². The molecule has 0 bridgehead atoms. The van der Waals surface area contributed by atoms with E-state index in [1.54, 1.807) is 0 Å². The molecule has 2 nitrogen and oxygen atoms in total. The summed E-state index contributed by atoms with van der Waals surface area (Å²) < 4.78 is 4.62. The predicted molar refractivity (Wildman–Crippen MR) is 36.3 cm³/mol. The van der Waals surface area contributed by atoms with Gasteiger partial charge in [-0.3, -0.25) is 4.79 Å². The maximum atomic E-state index is 10.2. The van der Waals surface area contributed by atoms with Gasteiger partial charge in [-0.25, -0.2) is 0 Å². The monoisotopic (exact) mass is 150 g/mol. The van der Waals surface area contributed by atoms with Gasteiger partial charge in [-0.1, -0.05) is 24.9 Å². The van der Waals surface area contributed by atoms with Gasteiger partial charge in [0.2, 0.25) is 0 Å². The highest BCUT2D eigenvalue weighted by Crippen LogP contribution is 2.05. The third-order valence-electron chi connectivity index (χ3n) is 0.809. The lowest BCUT2D eigenvalue weighted by atomic mass is 10.4. The van der Waals surface area contributed by atoms with Crippen LogP contribution < -0.4 is 0 Å². The molecule has 0 N–H and O–H groups in total. The average Bonchev–Trinajstić information content (AvgIpc) is 1.63. The van der Waals surface area contributed by atoms with Gasteiger partial charge in [0.15, 0.2) is 5.56 Å². The normalized spacial score (nSPS) is 12.8. The molecule has 9 heavy (non-hydrogen) atoms. The standard InChI is InChI=1S/C6H11ClO2/c1-3-4-6(7)9-5(2)8/h6H,3-4H2,1-2H3. The van der Waals surface area contributed by atoms with Crippen molar-refractivity contribution in [2.24, 2.45) is 0 Å². The number of alkyl halides is 1. The minimum Gasteiger partial charge on any atom is -0.446 e. The molecule has 54 valence electrons. The molecule has 0 amide bonds. The van der Waals surface area contributed by atoms with E-state index in [0.717, 1.165) is 12.8 Å². The molecule has 1 unspecified atom stereocenters. The Morgan fingerprint density at radius 1 is 1.78 bits per heavy atom. The van der Waals surface area contributed by atoms with Gasteiger partial charge >= 0.3 is 5.97 Å². The van der Waals surface area contributed by atoms with Crippen molar-refractivity contribution in [2.75, 3.05) is 0 Å². The van der Waals surface area contributed by atoms with Gasteiger partial charge in [-0.15, -0.1) is 0 Å². The summed E-state index contributed by atoms with van der Waals surface area (Å²) in [7, 11) is 0. The van der Waals surface area contributed by atoms with E-state index >= 15 is 0 Å². The summed E-state index contributed by atoms with van der Waals surface area (Å²) in [6, 6.07) is 0. The molecule has 0 aromatic heterocycles. The van der Waals surface area contributed by atoms with E-state index in [1.165, 1.54) is 6.92 Å². The molecule has 0 aliphatic carbocycles. The maximum Gasteiger partial charge on any atom is 0.304 e. The molecule has 0 radical (unpaired) electrons. The number of rotatable bonds is 3. The van der Waals surface area contributed by atoms with Gasteiger partial charge in [-0.2, -0.15) is 0 Å². The first-order valence-corrected chi connectivity index (χ1v) is 3.41. The largest absolute Gasteiger partial charge is 0.446 e. The van der Waals surface area contributed by atoms with Crippen LogP contribution in [0.5, 0.6) is 0 Å². The fourth-order valence-electron chi connectivity index (χ4n) is 0.466. The second-order valence-electron chi connectivity index (χ2n) is 1.81. The fourth-order valence-corrected chi connectivity index (χ4v) is 0.810. The van der Waals surface area contributed by atoms with Crippen molar-refractivity contribution < 1.29 is 9.53 Å². The average molecular weight is 151 g/mol. The summed E-state index contributed by atoms with van der Waals surface area (Å²) in [6.07, 6.45) is 1.66. The van der Waals surface area contributed by atoms with Crippen LogP contribution in [0.4, 0.5) is 0 Å². The van der Waals surface area contributed by atoms with Crippen LogP contribution in [0.2, 0.25) is 0 Å². The van der Waals surface area contributed by atoms with E-state index in [0.29, 0.717) is 0 Å². The minimum atomic E-state index is -0.438. The molecular weight excluding hydrogens is 140 g/mol. The number of hydrogen-bond acceptors (Lipinski definition) is 2. The third-order valence-corrected chi connectivity index (χ3v) is 1.12. The van der Waals surface area contributed by atoms with E-state index in [9.17, 15) is 4.79 Å². The Balaban J connectivity index is 3.26. The van der Waals surface area contributed by atoms with Crippen LogP contribution in [0.1, 0.15) is 26.7 Å². The molecule has 0 rings (SSSR count). The Morgan fingerprint density at radius 3 is 2.67 bits per heavy atom. The van der Waals surface area contributed by atoms with E-state index in [2.05, 4.69) is 4.74 Å². The summed E-state index contributed by atoms with van der Waals surface area (Å²) in [5, 5.41) is 0. The molecule has 1 atom stereocenters. The van der Waals surface area contributed by atoms with Crippen molar-refractivity contribution in [3.63, 3.8) is 0 Å². The second kappa shape index (κ2) is 4.62. The summed E-state index contributed by atoms with van der Waals surface area (Å²) in [5.74, 6) is -0.316. The van der Waals surface area contributed by atoms with Crippen molar-refractivity contribution in [1.82, 2.24) is 0 Å². The molecule has 0 aromatic rings. The zero-order valence-corrected chi connectivity index (χ0v) is 6.44. The maximum absolute atomic E-state index is 10.2. The lowest BCUT2D eigenvalue weighted by molar-refractivity contribution is -0.142. The Kier molecular flexibility index (Phi) is 4.50. The van der Waals surface area contributed by atoms with Gasteiger partial charge in [0, 0.05) is 6.92 Å². The molecule has 0 aromatic carbocycles. The Morgan fingerprint density at radius 2 is 2.33 bits per heavy atom. The van der Waals surface area contributed by atoms with E-state index in [1.807, 2.05) is 6.92 Å². The second-order valence-corrected chi connectivity index (χ2v) is 2.29. The highest BCUT2D eigenvalue weighted by molar-refractivity contribution is 6.20. The summed E-state index contributed by atoms with van der Waals surface area (Å²) >= 11 is 5.53. The van der Waals surface area contributed by atoms with Crippen LogP contribution in [-0.4, -0.2) is 11.5 Å². The van der Waals surface area contributed by atoms with Crippen molar-refractivity contribution in [3.8, 4) is 0 Å². The highest BCUT2D eigenvalue weighted by Gasteiger charge is 2.04. The van der Waals surface area contributed by atoms with Crippen LogP contribution in [0, 0.1) is 0 Å². The number of hydrogen-bond donors (Lipinski definition) is 0. The minimum absolute atomic E-state index is 0.316. The van der Waals surface area contributed by atoms with E-state index < -0.39 is 5.56 Å². The first kappa shape index (κ1) is 8.76. The number of ether oxygens (including phenoxy) is 1. The lowest BCUT2D eigenvalue weighted by Gasteiger charge is -2.06. The third kappa shape index (κ3) is 5.63. The molecule has 0 heterocycles. The smallest absolute Gasteiger partial charge is 0.304 e. The molecular formula is C6H11ClO2. The Bertz CT molecular complexity index is 93.1. The van der Waals surface area contributed by atoms with Crippen molar-refractivity contribution in [3.05, 3.63) is 0 Å². The summed E-state index contributed by atoms with van der Waals surface area (Å²) in [5.41, 5.74) is -0.438. The van der Waals surface area contributed by atoms with Gasteiger partial charge in [0.25, 0.3) is 0 Å². The lowest BCUT2D eigenvalue weighted by Crippen LogP contribution is -2.08. The molecule has 0 saturated heterocycles. The molecule has 0 aliphatic heterocycles. The van der Waals surface area contributed by atoms with Gasteiger partial charge in [-0.05, 0) is 6.42 Å².